The first-order chi connectivity index (χ1) is 14.5. The number of anilines is 1. The third-order valence-electron chi connectivity index (χ3n) is 4.67. The molecule has 152 valence electrons. The van der Waals surface area contributed by atoms with E-state index in [9.17, 15) is 14.4 Å². The van der Waals surface area contributed by atoms with Crippen LogP contribution < -0.4 is 10.2 Å². The number of amides is 3. The molecular formula is C22H18ClN3O4. The van der Waals surface area contributed by atoms with E-state index < -0.39 is 11.9 Å². The first-order valence-electron chi connectivity index (χ1n) is 9.34. The van der Waals surface area contributed by atoms with Crippen LogP contribution in [0.15, 0.2) is 60.4 Å². The number of imide groups is 1. The first kappa shape index (κ1) is 19.7. The Morgan fingerprint density at radius 3 is 2.73 bits per heavy atom. The van der Waals surface area contributed by atoms with Gasteiger partial charge < -0.3 is 14.6 Å². The van der Waals surface area contributed by atoms with Gasteiger partial charge in [-0.15, -0.1) is 0 Å². The molecule has 3 aromatic rings. The van der Waals surface area contributed by atoms with E-state index in [1.807, 2.05) is 24.3 Å². The average Bonchev–Trinajstić information content (AvgIpc) is 3.19. The van der Waals surface area contributed by atoms with E-state index in [2.05, 4.69) is 5.32 Å². The number of hydrogen-bond acceptors (Lipinski definition) is 4. The van der Waals surface area contributed by atoms with Crippen molar-refractivity contribution in [2.45, 2.75) is 13.5 Å². The van der Waals surface area contributed by atoms with Gasteiger partial charge in [-0.25, -0.2) is 9.69 Å². The highest BCUT2D eigenvalue weighted by atomic mass is 35.5. The molecule has 1 aromatic heterocycles. The van der Waals surface area contributed by atoms with Gasteiger partial charge in [0.05, 0.1) is 12.3 Å². The number of fused-ring (bicyclic) bond motifs is 1. The second-order valence-corrected chi connectivity index (χ2v) is 7.08. The molecule has 4 rings (SSSR count). The zero-order valence-electron chi connectivity index (χ0n) is 16.1. The Labute approximate surface area is 177 Å². The van der Waals surface area contributed by atoms with Gasteiger partial charge in [0.25, 0.3) is 5.91 Å². The molecule has 1 aliphatic rings. The van der Waals surface area contributed by atoms with Crippen LogP contribution in [0.4, 0.5) is 10.5 Å². The van der Waals surface area contributed by atoms with E-state index in [1.54, 1.807) is 48.0 Å². The third-order valence-corrected chi connectivity index (χ3v) is 4.90. The molecule has 1 aliphatic heterocycles. The molecule has 0 atom stereocenters. The maximum absolute atomic E-state index is 12.9. The van der Waals surface area contributed by atoms with Crippen molar-refractivity contribution in [3.63, 3.8) is 0 Å². The topological polar surface area (TPSA) is 80.6 Å². The predicted octanol–water partition coefficient (Wildman–Crippen LogP) is 3.96. The number of urea groups is 1. The summed E-state index contributed by atoms with van der Waals surface area (Å²) in [4.78, 5) is 38.3. The molecule has 0 spiro atoms. The molecule has 7 nitrogen and oxygen atoms in total. The predicted molar refractivity (Wildman–Crippen MR) is 114 cm³/mol. The van der Waals surface area contributed by atoms with Crippen LogP contribution in [0.1, 0.15) is 12.5 Å². The average molecular weight is 424 g/mol. The Bertz CT molecular complexity index is 1200. The molecule has 3 amide bonds. The molecule has 2 heterocycles. The van der Waals surface area contributed by atoms with Crippen LogP contribution in [0.3, 0.4) is 0 Å². The third kappa shape index (κ3) is 3.67. The van der Waals surface area contributed by atoms with Gasteiger partial charge in [0, 0.05) is 27.7 Å². The van der Waals surface area contributed by atoms with Gasteiger partial charge in [-0.05, 0) is 37.3 Å². The molecule has 30 heavy (non-hydrogen) atoms. The number of carbonyl (C=O) groups excluding carboxylic acids is 3. The number of halogens is 1. The van der Waals surface area contributed by atoms with Crippen LogP contribution in [0, 0.1) is 0 Å². The van der Waals surface area contributed by atoms with Crippen molar-refractivity contribution in [1.82, 2.24) is 9.88 Å². The van der Waals surface area contributed by atoms with Crippen LogP contribution >= 0.6 is 11.6 Å². The van der Waals surface area contributed by atoms with Gasteiger partial charge in [-0.3, -0.25) is 9.59 Å². The second kappa shape index (κ2) is 8.04. The molecule has 1 saturated heterocycles. The number of para-hydroxylation sites is 1. The monoisotopic (exact) mass is 423 g/mol. The fourth-order valence-electron chi connectivity index (χ4n) is 3.41. The summed E-state index contributed by atoms with van der Waals surface area (Å²) < 4.78 is 6.80. The minimum atomic E-state index is -0.552. The maximum Gasteiger partial charge on any atom is 0.333 e. The van der Waals surface area contributed by atoms with Crippen molar-refractivity contribution in [1.29, 1.82) is 0 Å². The number of nitrogens with zero attached hydrogens (tertiary/aromatic N) is 2. The standard InChI is InChI=1S/C22H18ClN3O4/c1-2-30-20(27)13-25-12-14(17-8-3-4-9-19(17)25)10-18-21(28)26(22(29)24-18)16-7-5-6-15(23)11-16/h3-12H,2,13H2,1H3,(H,24,29)/b18-10-. The molecular weight excluding hydrogens is 406 g/mol. The highest BCUT2D eigenvalue weighted by molar-refractivity contribution is 6.32. The number of aromatic nitrogens is 1. The van der Waals surface area contributed by atoms with Crippen molar-refractivity contribution in [2.75, 3.05) is 11.5 Å². The van der Waals surface area contributed by atoms with Gasteiger partial charge in [0.2, 0.25) is 0 Å². The smallest absolute Gasteiger partial charge is 0.333 e. The Kier molecular flexibility index (Phi) is 5.29. The quantitative estimate of drug-likeness (QED) is 0.382. The molecule has 0 unspecified atom stereocenters. The van der Waals surface area contributed by atoms with Crippen LogP contribution in [-0.4, -0.2) is 29.1 Å². The fourth-order valence-corrected chi connectivity index (χ4v) is 3.59. The minimum absolute atomic E-state index is 0.0481. The first-order valence-corrected chi connectivity index (χ1v) is 9.72. The molecule has 0 saturated carbocycles. The minimum Gasteiger partial charge on any atom is -0.465 e. The van der Waals surface area contributed by atoms with E-state index in [0.29, 0.717) is 22.9 Å². The SMILES string of the molecule is CCOC(=O)Cn1cc(/C=C2\NC(=O)N(c3cccc(Cl)c3)C2=O)c2ccccc21. The Morgan fingerprint density at radius 2 is 1.97 bits per heavy atom. The number of hydrogen-bond donors (Lipinski definition) is 1. The number of carbonyl (C=O) groups is 3. The molecule has 2 aromatic carbocycles. The van der Waals surface area contributed by atoms with Crippen LogP contribution in [0.2, 0.25) is 5.02 Å². The Hall–Kier alpha value is -3.58. The molecule has 1 fully saturated rings. The number of ether oxygens (including phenoxy) is 1. The van der Waals surface area contributed by atoms with Gasteiger partial charge in [-0.2, -0.15) is 0 Å². The number of esters is 1. The Balaban J connectivity index is 1.70. The summed E-state index contributed by atoms with van der Waals surface area (Å²) >= 11 is 5.99. The van der Waals surface area contributed by atoms with Crippen molar-refractivity contribution in [2.24, 2.45) is 0 Å². The molecule has 0 bridgehead atoms. The van der Waals surface area contributed by atoms with Gasteiger partial charge in [-0.1, -0.05) is 35.9 Å². The van der Waals surface area contributed by atoms with Crippen LogP contribution in [0.25, 0.3) is 17.0 Å². The van der Waals surface area contributed by atoms with Crippen molar-refractivity contribution in [3.05, 3.63) is 71.0 Å². The highest BCUT2D eigenvalue weighted by Crippen LogP contribution is 2.27. The molecule has 1 N–H and O–H groups in total. The highest BCUT2D eigenvalue weighted by Gasteiger charge is 2.35. The van der Waals surface area contributed by atoms with Crippen LogP contribution in [-0.2, 0) is 20.9 Å². The van der Waals surface area contributed by atoms with Gasteiger partial charge in [0.15, 0.2) is 0 Å². The summed E-state index contributed by atoms with van der Waals surface area (Å²) in [5, 5.41) is 3.88. The largest absolute Gasteiger partial charge is 0.465 e. The summed E-state index contributed by atoms with van der Waals surface area (Å²) in [6.45, 7) is 2.10. The number of nitrogens with one attached hydrogen (secondary N) is 1. The van der Waals surface area contributed by atoms with E-state index in [4.69, 9.17) is 16.3 Å². The maximum atomic E-state index is 12.9. The number of rotatable bonds is 5. The molecule has 0 aliphatic carbocycles. The van der Waals surface area contributed by atoms with E-state index in [-0.39, 0.29) is 18.2 Å². The molecule has 0 radical (unpaired) electrons. The van der Waals surface area contributed by atoms with Crippen molar-refractivity contribution < 1.29 is 19.1 Å². The molecule has 8 heteroatoms. The van der Waals surface area contributed by atoms with Crippen LogP contribution in [0.5, 0.6) is 0 Å². The lowest BCUT2D eigenvalue weighted by molar-refractivity contribution is -0.143. The lowest BCUT2D eigenvalue weighted by atomic mass is 10.1. The number of benzene rings is 2. The van der Waals surface area contributed by atoms with Gasteiger partial charge >= 0.3 is 12.0 Å². The van der Waals surface area contributed by atoms with E-state index in [0.717, 1.165) is 15.8 Å². The van der Waals surface area contributed by atoms with Gasteiger partial charge in [0.1, 0.15) is 12.2 Å². The van der Waals surface area contributed by atoms with E-state index in [1.165, 1.54) is 0 Å². The summed E-state index contributed by atoms with van der Waals surface area (Å²) in [5.74, 6) is -0.834. The summed E-state index contributed by atoms with van der Waals surface area (Å²) in [6.07, 6.45) is 3.37. The summed E-state index contributed by atoms with van der Waals surface area (Å²) in [5.41, 5.74) is 2.05. The van der Waals surface area contributed by atoms with E-state index >= 15 is 0 Å². The zero-order valence-corrected chi connectivity index (χ0v) is 16.8. The summed E-state index contributed by atoms with van der Waals surface area (Å²) in [6, 6.07) is 13.5. The lowest BCUT2D eigenvalue weighted by Crippen LogP contribution is -2.30. The lowest BCUT2D eigenvalue weighted by Gasteiger charge is -2.11. The fraction of sp³-hybridized carbons (Fsp3) is 0.136. The summed E-state index contributed by atoms with van der Waals surface area (Å²) in [7, 11) is 0. The normalized spacial score (nSPS) is 15.1. The van der Waals surface area contributed by atoms with Crippen molar-refractivity contribution in [3.8, 4) is 0 Å². The van der Waals surface area contributed by atoms with Crippen molar-refractivity contribution >= 4 is 52.2 Å². The Morgan fingerprint density at radius 1 is 1.17 bits per heavy atom. The zero-order chi connectivity index (χ0) is 21.3. The second-order valence-electron chi connectivity index (χ2n) is 6.64.